The second-order valence-corrected chi connectivity index (χ2v) is 13.0. The summed E-state index contributed by atoms with van der Waals surface area (Å²) in [7, 11) is 0. The first-order valence-corrected chi connectivity index (χ1v) is 15.4. The maximum Gasteiger partial charge on any atom is 0.216 e. The normalized spacial score (nSPS) is 14.9. The summed E-state index contributed by atoms with van der Waals surface area (Å²) in [6.45, 7) is 5.88. The minimum atomic E-state index is -2.34. The van der Waals surface area contributed by atoms with Crippen LogP contribution in [0.3, 0.4) is 0 Å². The van der Waals surface area contributed by atoms with Gasteiger partial charge in [0.25, 0.3) is 0 Å². The Hall–Kier alpha value is -4.44. The van der Waals surface area contributed by atoms with E-state index in [0.717, 1.165) is 22.2 Å². The van der Waals surface area contributed by atoms with Crippen molar-refractivity contribution >= 4 is 22.1 Å². The number of hydrogen-bond donors (Lipinski definition) is 0. The van der Waals surface area contributed by atoms with Crippen molar-refractivity contribution in [3.05, 3.63) is 150 Å². The van der Waals surface area contributed by atoms with Crippen molar-refractivity contribution in [2.24, 2.45) is 0 Å². The third-order valence-corrected chi connectivity index (χ3v) is 7.99. The van der Waals surface area contributed by atoms with E-state index in [2.05, 4.69) is 60.0 Å². The van der Waals surface area contributed by atoms with Gasteiger partial charge in [0.1, 0.15) is 0 Å². The Morgan fingerprint density at radius 3 is 2.27 bits per heavy atom. The van der Waals surface area contributed by atoms with Gasteiger partial charge in [-0.2, -0.15) is 0 Å². The van der Waals surface area contributed by atoms with E-state index in [1.807, 2.05) is 50.2 Å². The third-order valence-electron chi connectivity index (χ3n) is 7.99. The number of pyridine rings is 3. The molecule has 0 aliphatic rings. The van der Waals surface area contributed by atoms with Gasteiger partial charge in [-0.1, -0.05) is 93.6 Å². The van der Waals surface area contributed by atoms with Gasteiger partial charge in [0, 0.05) is 54.5 Å². The molecule has 3 aromatic carbocycles. The molecule has 0 aliphatic heterocycles. The largest absolute Gasteiger partial charge is 0.486 e. The second kappa shape index (κ2) is 14.4. The van der Waals surface area contributed by atoms with Crippen LogP contribution >= 0.6 is 0 Å². The fourth-order valence-corrected chi connectivity index (χ4v) is 5.38. The molecule has 0 amide bonds. The molecule has 0 atom stereocenters. The van der Waals surface area contributed by atoms with Crippen molar-refractivity contribution < 1.29 is 35.5 Å². The van der Waals surface area contributed by atoms with E-state index in [-0.39, 0.29) is 42.5 Å². The Kier molecular flexibility index (Phi) is 7.64. The molecule has 0 bridgehead atoms. The standard InChI is InChI=1S/C31H31N2O.C12H10N.Ir/c1-20-10-15-25-24-8-7-9-26(28(24)34-29(25)33-20)27-18-21(16-17-32-27)19-31(5,6)23-13-11-22(12-14-23)30(2,3)4;1-10-7-8-12(13-9-10)11-5-3-2-4-6-11;/h7-8,10-18H,19H2,1-6H3;2-5,7-9H,1H3;/q2*-1;/i1D3,19D2;1D3;. The Bertz CT molecular complexity index is 2430. The monoisotopic (exact) mass is 816 g/mol. The molecule has 0 fully saturated rings. The summed E-state index contributed by atoms with van der Waals surface area (Å²) in [5, 5.41) is 1.46. The zero-order valence-corrected chi connectivity index (χ0v) is 29.9. The molecule has 0 unspecified atom stereocenters. The molecule has 4 aromatic heterocycles. The molecule has 0 spiro atoms. The summed E-state index contributed by atoms with van der Waals surface area (Å²) in [4.78, 5) is 12.9. The summed E-state index contributed by atoms with van der Waals surface area (Å²) in [5.74, 6) is 0. The van der Waals surface area contributed by atoms with Crippen molar-refractivity contribution in [3.8, 4) is 22.5 Å². The van der Waals surface area contributed by atoms with E-state index in [9.17, 15) is 2.74 Å². The summed E-state index contributed by atoms with van der Waals surface area (Å²) < 4.78 is 69.2. The van der Waals surface area contributed by atoms with Crippen molar-refractivity contribution in [1.82, 2.24) is 15.0 Å². The van der Waals surface area contributed by atoms with Gasteiger partial charge in [0.15, 0.2) is 0 Å². The van der Waals surface area contributed by atoms with Crippen molar-refractivity contribution in [1.29, 1.82) is 0 Å². The van der Waals surface area contributed by atoms with Gasteiger partial charge in [-0.05, 0) is 77.2 Å². The number of hydrogen-bond acceptors (Lipinski definition) is 4. The second-order valence-electron chi connectivity index (χ2n) is 13.0. The van der Waals surface area contributed by atoms with E-state index in [1.165, 1.54) is 17.8 Å². The minimum Gasteiger partial charge on any atom is -0.486 e. The molecular weight excluding hydrogens is 767 g/mol. The maximum atomic E-state index is 9.22. The Morgan fingerprint density at radius 1 is 0.771 bits per heavy atom. The SMILES string of the molecule is [2H]C([2H])([2H])c1ccc(-c2[c-]cccc2)nc1.[2H]C([2H])([2H])c1ccc2c(n1)oc1c(-c3cc(C([2H])([2H])C(C)(C)c4ccc(C(C)(C)C)cc4)ccn3)[c-]ccc12.[Ir]. The predicted octanol–water partition coefficient (Wildman–Crippen LogP) is 10.8. The number of nitrogens with zero attached hydrogens (tertiary/aromatic N) is 3. The molecule has 7 aromatic rings. The smallest absolute Gasteiger partial charge is 0.216 e. The van der Waals surface area contributed by atoms with Crippen LogP contribution in [0.2, 0.25) is 0 Å². The third kappa shape index (κ3) is 7.81. The van der Waals surface area contributed by atoms with Gasteiger partial charge in [0.05, 0.1) is 5.58 Å². The van der Waals surface area contributed by atoms with Crippen LogP contribution < -0.4 is 0 Å². The van der Waals surface area contributed by atoms with Crippen molar-refractivity contribution in [2.75, 3.05) is 0 Å². The van der Waals surface area contributed by atoms with Gasteiger partial charge in [-0.25, -0.2) is 4.98 Å². The maximum absolute atomic E-state index is 9.22. The number of fused-ring (bicyclic) bond motifs is 3. The average Bonchev–Trinajstić information content (AvgIpc) is 3.53. The quantitative estimate of drug-likeness (QED) is 0.162. The molecule has 1 radical (unpaired) electrons. The average molecular weight is 816 g/mol. The van der Waals surface area contributed by atoms with Crippen LogP contribution in [-0.4, -0.2) is 15.0 Å². The molecule has 4 heterocycles. The Morgan fingerprint density at radius 2 is 1.58 bits per heavy atom. The summed E-state index contributed by atoms with van der Waals surface area (Å²) in [6.07, 6.45) is 1.26. The van der Waals surface area contributed by atoms with Crippen LogP contribution in [0, 0.1) is 25.8 Å². The first-order chi connectivity index (χ1) is 25.7. The minimum absolute atomic E-state index is 0. The van der Waals surface area contributed by atoms with E-state index in [4.69, 9.17) is 12.6 Å². The number of aromatic nitrogens is 3. The molecule has 7 rings (SSSR count). The van der Waals surface area contributed by atoms with E-state index < -0.39 is 25.5 Å². The Balaban J connectivity index is 0.000000295. The fraction of sp³-hybridized carbons (Fsp3) is 0.233. The van der Waals surface area contributed by atoms with Crippen LogP contribution in [0.1, 0.15) is 73.5 Å². The number of rotatable bonds is 5. The molecular formula is C43H41IrN3O-2. The molecule has 245 valence electrons. The predicted molar refractivity (Wildman–Crippen MR) is 193 cm³/mol. The number of furan rings is 1. The van der Waals surface area contributed by atoms with Crippen LogP contribution in [0.25, 0.3) is 44.6 Å². The molecule has 4 nitrogen and oxygen atoms in total. The zero-order valence-electron chi connectivity index (χ0n) is 35.5. The van der Waals surface area contributed by atoms with Gasteiger partial charge in [-0.15, -0.1) is 54.1 Å². The summed E-state index contributed by atoms with van der Waals surface area (Å²) in [5.41, 5.74) is 5.35. The van der Waals surface area contributed by atoms with Gasteiger partial charge < -0.3 is 14.4 Å². The molecule has 0 saturated carbocycles. The van der Waals surface area contributed by atoms with Crippen LogP contribution in [-0.2, 0) is 37.3 Å². The Labute approximate surface area is 309 Å². The first-order valence-electron chi connectivity index (χ1n) is 19.4. The fourth-order valence-electron chi connectivity index (χ4n) is 5.38. The molecule has 48 heavy (non-hydrogen) atoms. The van der Waals surface area contributed by atoms with Crippen LogP contribution in [0.15, 0.2) is 114 Å². The molecule has 0 saturated heterocycles. The van der Waals surface area contributed by atoms with Crippen molar-refractivity contribution in [2.45, 2.75) is 65.5 Å². The molecule has 0 aliphatic carbocycles. The first kappa shape index (κ1) is 25.6. The number of benzene rings is 3. The summed E-state index contributed by atoms with van der Waals surface area (Å²) >= 11 is 0. The number of aryl methyl sites for hydroxylation is 2. The van der Waals surface area contributed by atoms with Gasteiger partial charge in [-0.3, -0.25) is 0 Å². The van der Waals surface area contributed by atoms with Crippen LogP contribution in [0.5, 0.6) is 0 Å². The van der Waals surface area contributed by atoms with E-state index >= 15 is 0 Å². The van der Waals surface area contributed by atoms with E-state index in [0.29, 0.717) is 27.8 Å². The van der Waals surface area contributed by atoms with Crippen LogP contribution in [0.4, 0.5) is 0 Å². The molecule has 5 heteroatoms. The van der Waals surface area contributed by atoms with E-state index in [1.54, 1.807) is 48.7 Å². The van der Waals surface area contributed by atoms with Gasteiger partial charge in [0.2, 0.25) is 5.71 Å². The summed E-state index contributed by atoms with van der Waals surface area (Å²) in [6, 6.07) is 35.4. The van der Waals surface area contributed by atoms with Gasteiger partial charge >= 0.3 is 0 Å². The molecule has 0 N–H and O–H groups in total. The van der Waals surface area contributed by atoms with Crippen molar-refractivity contribution in [3.63, 3.8) is 0 Å². The zero-order chi connectivity index (χ0) is 40.0. The topological polar surface area (TPSA) is 51.8 Å².